The van der Waals surface area contributed by atoms with Gasteiger partial charge in [-0.05, 0) is 36.2 Å². The summed E-state index contributed by atoms with van der Waals surface area (Å²) >= 11 is 0. The van der Waals surface area contributed by atoms with E-state index in [-0.39, 0.29) is 30.5 Å². The van der Waals surface area contributed by atoms with E-state index in [2.05, 4.69) is 20.4 Å². The van der Waals surface area contributed by atoms with Crippen LogP contribution in [0.4, 0.5) is 24.7 Å². The van der Waals surface area contributed by atoms with E-state index in [1.54, 1.807) is 12.1 Å². The molecule has 1 aromatic carbocycles. The van der Waals surface area contributed by atoms with E-state index in [0.29, 0.717) is 36.6 Å². The molecule has 1 fully saturated rings. The highest BCUT2D eigenvalue weighted by atomic mass is 19.4. The van der Waals surface area contributed by atoms with Crippen LogP contribution in [0.2, 0.25) is 0 Å². The van der Waals surface area contributed by atoms with Crippen LogP contribution in [0.3, 0.4) is 0 Å². The lowest BCUT2D eigenvalue weighted by molar-refractivity contribution is -0.274. The number of ether oxygens (including phenoxy) is 1. The molecule has 0 radical (unpaired) electrons. The first-order valence-electron chi connectivity index (χ1n) is 8.91. The Kier molecular flexibility index (Phi) is 6.20. The van der Waals surface area contributed by atoms with Crippen LogP contribution in [0, 0.1) is 0 Å². The zero-order chi connectivity index (χ0) is 20.9. The van der Waals surface area contributed by atoms with Gasteiger partial charge in [0.05, 0.1) is 18.4 Å². The van der Waals surface area contributed by atoms with Crippen molar-refractivity contribution in [1.29, 1.82) is 0 Å². The van der Waals surface area contributed by atoms with E-state index >= 15 is 0 Å². The van der Waals surface area contributed by atoms with Gasteiger partial charge in [-0.1, -0.05) is 12.1 Å². The van der Waals surface area contributed by atoms with Crippen LogP contribution in [-0.4, -0.2) is 42.8 Å². The number of carbonyl (C=O) groups is 2. The highest BCUT2D eigenvalue weighted by Gasteiger charge is 2.30. The molecule has 7 nitrogen and oxygen atoms in total. The predicted molar refractivity (Wildman–Crippen MR) is 99.5 cm³/mol. The van der Waals surface area contributed by atoms with Crippen LogP contribution in [0.15, 0.2) is 42.6 Å². The van der Waals surface area contributed by atoms with E-state index < -0.39 is 6.36 Å². The summed E-state index contributed by atoms with van der Waals surface area (Å²) in [6.07, 6.45) is -2.69. The monoisotopic (exact) mass is 408 g/mol. The number of hydrogen-bond donors (Lipinski definition) is 2. The summed E-state index contributed by atoms with van der Waals surface area (Å²) in [6.45, 7) is 1.46. The van der Waals surface area contributed by atoms with Crippen LogP contribution in [0.1, 0.15) is 12.0 Å². The van der Waals surface area contributed by atoms with Gasteiger partial charge in [0, 0.05) is 19.5 Å². The number of halogens is 3. The molecular weight excluding hydrogens is 389 g/mol. The van der Waals surface area contributed by atoms with Gasteiger partial charge in [0.2, 0.25) is 11.8 Å². The number of rotatable bonds is 6. The molecule has 3 rings (SSSR count). The maximum atomic E-state index is 12.2. The van der Waals surface area contributed by atoms with Crippen molar-refractivity contribution in [2.75, 3.05) is 29.9 Å². The lowest BCUT2D eigenvalue weighted by Gasteiger charge is -2.27. The number of nitrogens with one attached hydrogen (secondary N) is 2. The molecule has 1 aliphatic heterocycles. The van der Waals surface area contributed by atoms with E-state index in [9.17, 15) is 22.8 Å². The summed E-state index contributed by atoms with van der Waals surface area (Å²) in [5.74, 6) is 0.0445. The fourth-order valence-corrected chi connectivity index (χ4v) is 2.82. The number of pyridine rings is 1. The van der Waals surface area contributed by atoms with Gasteiger partial charge in [-0.3, -0.25) is 9.59 Å². The Labute approximate surface area is 164 Å². The minimum absolute atomic E-state index is 0.0616. The third-order valence-electron chi connectivity index (χ3n) is 4.19. The van der Waals surface area contributed by atoms with Crippen LogP contribution < -0.4 is 20.3 Å². The number of amides is 2. The minimum Gasteiger partial charge on any atom is -0.406 e. The first kappa shape index (κ1) is 20.4. The van der Waals surface area contributed by atoms with Crippen molar-refractivity contribution < 1.29 is 27.5 Å². The van der Waals surface area contributed by atoms with Crippen molar-refractivity contribution >= 4 is 23.3 Å². The fourth-order valence-electron chi connectivity index (χ4n) is 2.82. The van der Waals surface area contributed by atoms with Crippen molar-refractivity contribution in [3.05, 3.63) is 48.2 Å². The lowest BCUT2D eigenvalue weighted by Crippen LogP contribution is -2.48. The molecule has 29 heavy (non-hydrogen) atoms. The van der Waals surface area contributed by atoms with Crippen molar-refractivity contribution in [3.8, 4) is 5.75 Å². The molecule has 2 aromatic rings. The molecule has 0 bridgehead atoms. The molecule has 2 heterocycles. The molecule has 0 saturated carbocycles. The number of nitrogens with zero attached hydrogens (tertiary/aromatic N) is 2. The number of aromatic nitrogens is 1. The van der Waals surface area contributed by atoms with Crippen molar-refractivity contribution in [2.24, 2.45) is 0 Å². The standard InChI is InChI=1S/C19H19F3N4O3/c20-19(21,22)29-15-5-1-13(2-6-15)3-8-17(27)25-14-4-7-16(24-11-14)26-10-9-23-18(28)12-26/h1-2,4-7,11H,3,8-10,12H2,(H,23,28)(H,25,27). The summed E-state index contributed by atoms with van der Waals surface area (Å²) in [4.78, 5) is 29.6. The van der Waals surface area contributed by atoms with Gasteiger partial charge in [-0.25, -0.2) is 4.98 Å². The highest BCUT2D eigenvalue weighted by molar-refractivity contribution is 5.90. The molecule has 2 amide bonds. The quantitative estimate of drug-likeness (QED) is 0.768. The third-order valence-corrected chi connectivity index (χ3v) is 4.19. The summed E-state index contributed by atoms with van der Waals surface area (Å²) in [7, 11) is 0. The van der Waals surface area contributed by atoms with E-state index in [0.717, 1.165) is 0 Å². The van der Waals surface area contributed by atoms with Gasteiger partial charge in [0.1, 0.15) is 11.6 Å². The molecule has 1 aromatic heterocycles. The maximum absolute atomic E-state index is 12.2. The smallest absolute Gasteiger partial charge is 0.406 e. The number of carbonyl (C=O) groups excluding carboxylic acids is 2. The molecule has 0 aliphatic carbocycles. The van der Waals surface area contributed by atoms with Crippen LogP contribution in [-0.2, 0) is 16.0 Å². The van der Waals surface area contributed by atoms with Crippen LogP contribution in [0.5, 0.6) is 5.75 Å². The number of benzene rings is 1. The Balaban J connectivity index is 1.47. The van der Waals surface area contributed by atoms with Gasteiger partial charge in [0.25, 0.3) is 0 Å². The van der Waals surface area contributed by atoms with E-state index in [4.69, 9.17) is 0 Å². The first-order valence-corrected chi connectivity index (χ1v) is 8.91. The average molecular weight is 408 g/mol. The summed E-state index contributed by atoms with van der Waals surface area (Å²) in [5.41, 5.74) is 1.24. The van der Waals surface area contributed by atoms with E-state index in [1.807, 2.05) is 4.90 Å². The molecule has 1 saturated heterocycles. The molecule has 154 valence electrons. The maximum Gasteiger partial charge on any atom is 0.573 e. The molecule has 1 aliphatic rings. The fraction of sp³-hybridized carbons (Fsp3) is 0.316. The Bertz CT molecular complexity index is 854. The van der Waals surface area contributed by atoms with Gasteiger partial charge in [-0.15, -0.1) is 13.2 Å². The van der Waals surface area contributed by atoms with E-state index in [1.165, 1.54) is 30.5 Å². The number of aryl methyl sites for hydroxylation is 1. The second kappa shape index (κ2) is 8.80. The van der Waals surface area contributed by atoms with Crippen LogP contribution >= 0.6 is 0 Å². The topological polar surface area (TPSA) is 83.6 Å². The summed E-state index contributed by atoms with van der Waals surface area (Å²) in [5, 5.41) is 5.46. The van der Waals surface area contributed by atoms with Crippen LogP contribution in [0.25, 0.3) is 0 Å². The zero-order valence-electron chi connectivity index (χ0n) is 15.3. The average Bonchev–Trinajstić information content (AvgIpc) is 2.67. The third kappa shape index (κ3) is 6.37. The largest absolute Gasteiger partial charge is 0.573 e. The second-order valence-electron chi connectivity index (χ2n) is 6.42. The molecule has 0 atom stereocenters. The van der Waals surface area contributed by atoms with Crippen molar-refractivity contribution in [2.45, 2.75) is 19.2 Å². The Morgan fingerprint density at radius 1 is 1.21 bits per heavy atom. The van der Waals surface area contributed by atoms with Gasteiger partial charge >= 0.3 is 6.36 Å². The molecule has 0 unspecified atom stereocenters. The molecule has 2 N–H and O–H groups in total. The molecular formula is C19H19F3N4O3. The predicted octanol–water partition coefficient (Wildman–Crippen LogP) is 2.49. The summed E-state index contributed by atoms with van der Waals surface area (Å²) in [6, 6.07) is 8.83. The van der Waals surface area contributed by atoms with Gasteiger partial charge < -0.3 is 20.3 Å². The number of anilines is 2. The zero-order valence-corrected chi connectivity index (χ0v) is 15.3. The Hall–Kier alpha value is -3.30. The second-order valence-corrected chi connectivity index (χ2v) is 6.42. The highest BCUT2D eigenvalue weighted by Crippen LogP contribution is 2.23. The first-order chi connectivity index (χ1) is 13.8. The number of alkyl halides is 3. The Morgan fingerprint density at radius 2 is 1.97 bits per heavy atom. The lowest BCUT2D eigenvalue weighted by atomic mass is 10.1. The van der Waals surface area contributed by atoms with Crippen molar-refractivity contribution in [1.82, 2.24) is 10.3 Å². The minimum atomic E-state index is -4.73. The Morgan fingerprint density at radius 3 is 2.59 bits per heavy atom. The van der Waals surface area contributed by atoms with Gasteiger partial charge in [-0.2, -0.15) is 0 Å². The summed E-state index contributed by atoms with van der Waals surface area (Å²) < 4.78 is 40.3. The normalized spacial score (nSPS) is 14.3. The van der Waals surface area contributed by atoms with Crippen molar-refractivity contribution in [3.63, 3.8) is 0 Å². The van der Waals surface area contributed by atoms with Gasteiger partial charge in [0.15, 0.2) is 0 Å². The number of hydrogen-bond acceptors (Lipinski definition) is 5. The molecule has 10 heteroatoms. The SMILES string of the molecule is O=C1CN(c2ccc(NC(=O)CCc3ccc(OC(F)(F)F)cc3)cn2)CCN1. The molecule has 0 spiro atoms. The number of piperazine rings is 1.